The fourth-order valence-corrected chi connectivity index (χ4v) is 3.79. The number of nitrogens with two attached hydrogens (primary N) is 1. The van der Waals surface area contributed by atoms with E-state index in [2.05, 4.69) is 5.32 Å². The van der Waals surface area contributed by atoms with Gasteiger partial charge in [-0.15, -0.1) is 24.2 Å². The number of halogens is 1. The summed E-state index contributed by atoms with van der Waals surface area (Å²) in [5, 5.41) is 2.90. The highest BCUT2D eigenvalue weighted by Gasteiger charge is 2.35. The first kappa shape index (κ1) is 21.8. The van der Waals surface area contributed by atoms with E-state index in [9.17, 15) is 9.59 Å². The average molecular weight is 386 g/mol. The summed E-state index contributed by atoms with van der Waals surface area (Å²) in [6.45, 7) is 6.46. The molecule has 0 saturated carbocycles. The van der Waals surface area contributed by atoms with Crippen molar-refractivity contribution in [2.24, 2.45) is 11.1 Å². The first-order valence-electron chi connectivity index (χ1n) is 8.23. The molecule has 2 rings (SSSR count). The Bertz CT molecular complexity index is 577. The van der Waals surface area contributed by atoms with Crippen molar-refractivity contribution in [3.63, 3.8) is 0 Å². The molecule has 2 atom stereocenters. The number of rotatable bonds is 5. The molecule has 0 radical (unpaired) electrons. The van der Waals surface area contributed by atoms with Gasteiger partial charge in [0.15, 0.2) is 0 Å². The Morgan fingerprint density at radius 3 is 2.56 bits per heavy atom. The Labute approximate surface area is 160 Å². The van der Waals surface area contributed by atoms with Crippen LogP contribution in [0.2, 0.25) is 0 Å². The lowest BCUT2D eigenvalue weighted by Gasteiger charge is -2.27. The molecule has 0 bridgehead atoms. The van der Waals surface area contributed by atoms with E-state index in [1.807, 2.05) is 51.1 Å². The SMILES string of the molecule is CC(C)(C)CC(=O)N1CSCC1C(=O)NCC(N)c1ccccc1.Cl. The predicted octanol–water partition coefficient (Wildman–Crippen LogP) is 2.56. The van der Waals surface area contributed by atoms with Crippen molar-refractivity contribution < 1.29 is 9.59 Å². The van der Waals surface area contributed by atoms with Crippen LogP contribution in [0.5, 0.6) is 0 Å². The molecule has 3 N–H and O–H groups in total. The molecular weight excluding hydrogens is 358 g/mol. The molecule has 1 aromatic rings. The van der Waals surface area contributed by atoms with Crippen LogP contribution in [-0.2, 0) is 9.59 Å². The highest BCUT2D eigenvalue weighted by Crippen LogP contribution is 2.26. The van der Waals surface area contributed by atoms with E-state index in [0.717, 1.165) is 5.56 Å². The third kappa shape index (κ3) is 6.53. The lowest BCUT2D eigenvalue weighted by molar-refractivity contribution is -0.139. The molecule has 5 nitrogen and oxygen atoms in total. The summed E-state index contributed by atoms with van der Waals surface area (Å²) in [5.41, 5.74) is 7.02. The minimum absolute atomic E-state index is 0. The van der Waals surface area contributed by atoms with Crippen LogP contribution in [0.4, 0.5) is 0 Å². The smallest absolute Gasteiger partial charge is 0.243 e. The second-order valence-electron chi connectivity index (χ2n) is 7.38. The molecule has 1 fully saturated rings. The first-order chi connectivity index (χ1) is 11.3. The van der Waals surface area contributed by atoms with Crippen molar-refractivity contribution in [1.82, 2.24) is 10.2 Å². The summed E-state index contributed by atoms with van der Waals surface area (Å²) in [6, 6.07) is 9.04. The van der Waals surface area contributed by atoms with Gasteiger partial charge in [0.2, 0.25) is 11.8 Å². The minimum atomic E-state index is -0.396. The maximum atomic E-state index is 12.5. The number of hydrogen-bond acceptors (Lipinski definition) is 4. The van der Waals surface area contributed by atoms with Crippen molar-refractivity contribution >= 4 is 36.0 Å². The second-order valence-corrected chi connectivity index (χ2v) is 8.38. The number of carbonyl (C=O) groups excluding carboxylic acids is 2. The fraction of sp³-hybridized carbons (Fsp3) is 0.556. The van der Waals surface area contributed by atoms with Gasteiger partial charge in [0, 0.05) is 24.8 Å². The summed E-state index contributed by atoms with van der Waals surface area (Å²) in [7, 11) is 0. The molecule has 1 aliphatic rings. The molecule has 1 heterocycles. The van der Waals surface area contributed by atoms with Gasteiger partial charge < -0.3 is 16.0 Å². The zero-order chi connectivity index (χ0) is 17.7. The molecular formula is C18H28ClN3O2S. The average Bonchev–Trinajstić information content (AvgIpc) is 3.01. The second kappa shape index (κ2) is 9.46. The van der Waals surface area contributed by atoms with Crippen molar-refractivity contribution in [2.75, 3.05) is 18.2 Å². The Morgan fingerprint density at radius 1 is 1.32 bits per heavy atom. The van der Waals surface area contributed by atoms with Gasteiger partial charge in [0.25, 0.3) is 0 Å². The van der Waals surface area contributed by atoms with Crippen LogP contribution in [0.15, 0.2) is 30.3 Å². The largest absolute Gasteiger partial charge is 0.352 e. The lowest BCUT2D eigenvalue weighted by Crippen LogP contribution is -2.49. The van der Waals surface area contributed by atoms with Crippen LogP contribution >= 0.6 is 24.2 Å². The summed E-state index contributed by atoms with van der Waals surface area (Å²) in [6.07, 6.45) is 0.445. The normalized spacial score (nSPS) is 18.4. The standard InChI is InChI=1S/C18H27N3O2S.ClH/c1-18(2,3)9-16(22)21-12-24-11-15(21)17(23)20-10-14(19)13-7-5-4-6-8-13;/h4-8,14-15H,9-12,19H2,1-3H3,(H,20,23);1H. The Kier molecular flexibility index (Phi) is 8.25. The highest BCUT2D eigenvalue weighted by atomic mass is 35.5. The van der Waals surface area contributed by atoms with E-state index in [1.54, 1.807) is 16.7 Å². The third-order valence-electron chi connectivity index (χ3n) is 3.91. The molecule has 25 heavy (non-hydrogen) atoms. The van der Waals surface area contributed by atoms with E-state index < -0.39 is 6.04 Å². The number of nitrogens with zero attached hydrogens (tertiary/aromatic N) is 1. The molecule has 0 spiro atoms. The van der Waals surface area contributed by atoms with Crippen LogP contribution in [0.1, 0.15) is 38.8 Å². The first-order valence-corrected chi connectivity index (χ1v) is 9.39. The molecule has 1 aliphatic heterocycles. The Hall–Kier alpha value is -1.24. The molecule has 0 aromatic heterocycles. The summed E-state index contributed by atoms with van der Waals surface area (Å²) < 4.78 is 0. The molecule has 2 unspecified atom stereocenters. The van der Waals surface area contributed by atoms with Crippen molar-refractivity contribution in [3.05, 3.63) is 35.9 Å². The summed E-state index contributed by atoms with van der Waals surface area (Å²) in [4.78, 5) is 26.6. The number of hydrogen-bond donors (Lipinski definition) is 2. The molecule has 0 aliphatic carbocycles. The number of amides is 2. The van der Waals surface area contributed by atoms with Crippen LogP contribution in [0.3, 0.4) is 0 Å². The van der Waals surface area contributed by atoms with Gasteiger partial charge in [-0.05, 0) is 11.0 Å². The Morgan fingerprint density at radius 2 is 1.96 bits per heavy atom. The number of thioether (sulfide) groups is 1. The maximum absolute atomic E-state index is 12.5. The van der Waals surface area contributed by atoms with Crippen LogP contribution < -0.4 is 11.1 Å². The summed E-state index contributed by atoms with van der Waals surface area (Å²) in [5.74, 6) is 1.15. The third-order valence-corrected chi connectivity index (χ3v) is 4.92. The molecule has 7 heteroatoms. The van der Waals surface area contributed by atoms with E-state index in [4.69, 9.17) is 5.73 Å². The Balaban J connectivity index is 0.00000312. The summed E-state index contributed by atoms with van der Waals surface area (Å²) >= 11 is 1.62. The molecule has 1 saturated heterocycles. The molecule has 140 valence electrons. The number of benzene rings is 1. The zero-order valence-corrected chi connectivity index (χ0v) is 16.7. The van der Waals surface area contributed by atoms with Gasteiger partial charge in [0.1, 0.15) is 6.04 Å². The van der Waals surface area contributed by atoms with E-state index >= 15 is 0 Å². The molecule has 1 aromatic carbocycles. The van der Waals surface area contributed by atoms with Gasteiger partial charge in [-0.1, -0.05) is 51.1 Å². The van der Waals surface area contributed by atoms with Crippen LogP contribution in [0, 0.1) is 5.41 Å². The molecule has 2 amide bonds. The van der Waals surface area contributed by atoms with E-state index in [0.29, 0.717) is 24.6 Å². The van der Waals surface area contributed by atoms with E-state index in [1.165, 1.54) is 0 Å². The monoisotopic (exact) mass is 385 g/mol. The van der Waals surface area contributed by atoms with Crippen LogP contribution in [-0.4, -0.2) is 40.9 Å². The van der Waals surface area contributed by atoms with Crippen molar-refractivity contribution in [3.8, 4) is 0 Å². The lowest BCUT2D eigenvalue weighted by atomic mass is 9.91. The fourth-order valence-electron chi connectivity index (χ4n) is 2.61. The van der Waals surface area contributed by atoms with Crippen molar-refractivity contribution in [1.29, 1.82) is 0 Å². The van der Waals surface area contributed by atoms with Crippen molar-refractivity contribution in [2.45, 2.75) is 39.3 Å². The minimum Gasteiger partial charge on any atom is -0.352 e. The predicted molar refractivity (Wildman–Crippen MR) is 106 cm³/mol. The number of nitrogens with one attached hydrogen (secondary N) is 1. The highest BCUT2D eigenvalue weighted by molar-refractivity contribution is 7.99. The van der Waals surface area contributed by atoms with Gasteiger partial charge >= 0.3 is 0 Å². The number of carbonyl (C=O) groups is 2. The van der Waals surface area contributed by atoms with Gasteiger partial charge in [-0.3, -0.25) is 9.59 Å². The van der Waals surface area contributed by atoms with Gasteiger partial charge in [-0.25, -0.2) is 0 Å². The quantitative estimate of drug-likeness (QED) is 0.816. The van der Waals surface area contributed by atoms with Gasteiger partial charge in [0.05, 0.1) is 5.88 Å². The van der Waals surface area contributed by atoms with E-state index in [-0.39, 0.29) is 35.7 Å². The maximum Gasteiger partial charge on any atom is 0.243 e. The zero-order valence-electron chi connectivity index (χ0n) is 15.0. The topological polar surface area (TPSA) is 75.4 Å². The van der Waals surface area contributed by atoms with Crippen LogP contribution in [0.25, 0.3) is 0 Å². The van der Waals surface area contributed by atoms with Gasteiger partial charge in [-0.2, -0.15) is 0 Å².